The van der Waals surface area contributed by atoms with Crippen LogP contribution in [0.3, 0.4) is 0 Å². The molecule has 0 spiro atoms. The van der Waals surface area contributed by atoms with Gasteiger partial charge in [0.2, 0.25) is 0 Å². The van der Waals surface area contributed by atoms with E-state index in [1.807, 2.05) is 36.1 Å². The number of nitrogens with one attached hydrogen (secondary N) is 1. The van der Waals surface area contributed by atoms with Crippen molar-refractivity contribution >= 4 is 5.82 Å². The van der Waals surface area contributed by atoms with E-state index in [0.717, 1.165) is 24.6 Å². The van der Waals surface area contributed by atoms with Crippen LogP contribution in [0.1, 0.15) is 18.2 Å². The molecule has 0 amide bonds. The Hall–Kier alpha value is -1.84. The van der Waals surface area contributed by atoms with E-state index in [2.05, 4.69) is 28.4 Å². The van der Waals surface area contributed by atoms with Gasteiger partial charge in [-0.25, -0.2) is 4.98 Å². The minimum Gasteiger partial charge on any atom is -0.370 e. The number of nitrogens with zero attached hydrogens (tertiary/aromatic N) is 3. The molecule has 0 radical (unpaired) electrons. The number of hydrogen-bond donors (Lipinski definition) is 1. The van der Waals surface area contributed by atoms with Crippen LogP contribution >= 0.6 is 0 Å². The smallest absolute Gasteiger partial charge is 0.126 e. The lowest BCUT2D eigenvalue weighted by molar-refractivity contribution is 0.679. The first kappa shape index (κ1) is 10.7. The van der Waals surface area contributed by atoms with Crippen LogP contribution in [0.4, 0.5) is 5.82 Å². The number of anilines is 1. The summed E-state index contributed by atoms with van der Waals surface area (Å²) in [5, 5.41) is 7.56. The normalized spacial score (nSPS) is 10.4. The Morgan fingerprint density at radius 1 is 1.38 bits per heavy atom. The maximum atomic E-state index is 4.36. The lowest BCUT2D eigenvalue weighted by Crippen LogP contribution is -2.03. The summed E-state index contributed by atoms with van der Waals surface area (Å²) < 4.78 is 1.93. The number of rotatable bonds is 4. The monoisotopic (exact) mass is 216 g/mol. The first-order chi connectivity index (χ1) is 7.78. The molecule has 2 aromatic heterocycles. The molecule has 1 N–H and O–H groups in total. The van der Waals surface area contributed by atoms with Crippen molar-refractivity contribution in [2.75, 3.05) is 11.9 Å². The van der Waals surface area contributed by atoms with Gasteiger partial charge in [-0.3, -0.25) is 4.68 Å². The Kier molecular flexibility index (Phi) is 3.19. The number of aryl methyl sites for hydroxylation is 1. The van der Waals surface area contributed by atoms with Gasteiger partial charge in [0, 0.05) is 18.9 Å². The number of aromatic nitrogens is 3. The molecule has 84 valence electrons. The van der Waals surface area contributed by atoms with Gasteiger partial charge in [0.25, 0.3) is 0 Å². The fraction of sp³-hybridized carbons (Fsp3) is 0.333. The van der Waals surface area contributed by atoms with E-state index in [-0.39, 0.29) is 0 Å². The van der Waals surface area contributed by atoms with Crippen LogP contribution in [0.5, 0.6) is 0 Å². The first-order valence-corrected chi connectivity index (χ1v) is 5.47. The quantitative estimate of drug-likeness (QED) is 0.850. The predicted molar refractivity (Wildman–Crippen MR) is 64.5 cm³/mol. The van der Waals surface area contributed by atoms with E-state index in [1.165, 1.54) is 5.56 Å². The van der Waals surface area contributed by atoms with Crippen molar-refractivity contribution < 1.29 is 0 Å². The van der Waals surface area contributed by atoms with E-state index in [9.17, 15) is 0 Å². The molecule has 4 heteroatoms. The third kappa shape index (κ3) is 2.59. The van der Waals surface area contributed by atoms with Crippen molar-refractivity contribution in [1.82, 2.24) is 14.8 Å². The van der Waals surface area contributed by atoms with Crippen molar-refractivity contribution in [3.63, 3.8) is 0 Å². The molecule has 0 aliphatic rings. The molecule has 0 saturated carbocycles. The molecule has 2 aromatic rings. The zero-order valence-corrected chi connectivity index (χ0v) is 9.64. The first-order valence-electron chi connectivity index (χ1n) is 5.47. The summed E-state index contributed by atoms with van der Waals surface area (Å²) >= 11 is 0. The fourth-order valence-corrected chi connectivity index (χ4v) is 1.59. The van der Waals surface area contributed by atoms with E-state index < -0.39 is 0 Å². The molecule has 4 nitrogen and oxygen atoms in total. The topological polar surface area (TPSA) is 42.7 Å². The highest BCUT2D eigenvalue weighted by atomic mass is 15.3. The molecule has 16 heavy (non-hydrogen) atoms. The van der Waals surface area contributed by atoms with Gasteiger partial charge in [0.05, 0.1) is 12.2 Å². The fourth-order valence-electron chi connectivity index (χ4n) is 1.59. The Balaban J connectivity index is 2.12. The summed E-state index contributed by atoms with van der Waals surface area (Å²) in [6, 6.07) is 6.07. The number of pyridine rings is 1. The standard InChI is InChI=1S/C12H16N4/c1-3-13-12-8-11(4-6-14-12)9-16-7-5-10(2)15-16/h4-8H,3,9H2,1-2H3,(H,13,14). The third-order valence-corrected chi connectivity index (χ3v) is 2.30. The lowest BCUT2D eigenvalue weighted by atomic mass is 10.2. The van der Waals surface area contributed by atoms with Gasteiger partial charge in [-0.1, -0.05) is 0 Å². The molecule has 0 fully saturated rings. The highest BCUT2D eigenvalue weighted by Gasteiger charge is 1.98. The van der Waals surface area contributed by atoms with Crippen LogP contribution in [0.25, 0.3) is 0 Å². The number of hydrogen-bond acceptors (Lipinski definition) is 3. The van der Waals surface area contributed by atoms with E-state index in [4.69, 9.17) is 0 Å². The van der Waals surface area contributed by atoms with Crippen LogP contribution in [0.15, 0.2) is 30.6 Å². The summed E-state index contributed by atoms with van der Waals surface area (Å²) in [5.41, 5.74) is 2.25. The molecule has 2 heterocycles. The molecular formula is C12H16N4. The van der Waals surface area contributed by atoms with Crippen molar-refractivity contribution in [1.29, 1.82) is 0 Å². The van der Waals surface area contributed by atoms with Crippen molar-refractivity contribution in [3.8, 4) is 0 Å². The second-order valence-corrected chi connectivity index (χ2v) is 3.73. The van der Waals surface area contributed by atoms with Crippen LogP contribution in [-0.4, -0.2) is 21.3 Å². The average molecular weight is 216 g/mol. The van der Waals surface area contributed by atoms with Crippen LogP contribution < -0.4 is 5.32 Å². The van der Waals surface area contributed by atoms with Gasteiger partial charge in [-0.2, -0.15) is 5.10 Å². The molecule has 0 bridgehead atoms. The SMILES string of the molecule is CCNc1cc(Cn2ccc(C)n2)ccn1. The molecule has 0 unspecified atom stereocenters. The van der Waals surface area contributed by atoms with Crippen molar-refractivity contribution in [2.24, 2.45) is 0 Å². The predicted octanol–water partition coefficient (Wildman–Crippen LogP) is 2.07. The van der Waals surface area contributed by atoms with Gasteiger partial charge in [0.1, 0.15) is 5.82 Å². The van der Waals surface area contributed by atoms with Crippen LogP contribution in [-0.2, 0) is 6.54 Å². The zero-order chi connectivity index (χ0) is 11.4. The van der Waals surface area contributed by atoms with Gasteiger partial charge in [-0.15, -0.1) is 0 Å². The molecule has 0 aliphatic carbocycles. The Morgan fingerprint density at radius 2 is 2.25 bits per heavy atom. The summed E-state index contributed by atoms with van der Waals surface area (Å²) in [7, 11) is 0. The van der Waals surface area contributed by atoms with Gasteiger partial charge >= 0.3 is 0 Å². The Morgan fingerprint density at radius 3 is 2.94 bits per heavy atom. The van der Waals surface area contributed by atoms with Gasteiger partial charge in [0.15, 0.2) is 0 Å². The molecule has 0 saturated heterocycles. The van der Waals surface area contributed by atoms with Crippen LogP contribution in [0, 0.1) is 6.92 Å². The molecule has 0 aliphatic heterocycles. The summed E-state index contributed by atoms with van der Waals surface area (Å²) in [6.45, 7) is 5.73. The maximum absolute atomic E-state index is 4.36. The Bertz CT molecular complexity index is 462. The second-order valence-electron chi connectivity index (χ2n) is 3.73. The average Bonchev–Trinajstić information content (AvgIpc) is 2.65. The van der Waals surface area contributed by atoms with Crippen molar-refractivity contribution in [2.45, 2.75) is 20.4 Å². The summed E-state index contributed by atoms with van der Waals surface area (Å²) in [5.74, 6) is 0.920. The largest absolute Gasteiger partial charge is 0.370 e. The van der Waals surface area contributed by atoms with Gasteiger partial charge < -0.3 is 5.32 Å². The van der Waals surface area contributed by atoms with Gasteiger partial charge in [-0.05, 0) is 37.6 Å². The van der Waals surface area contributed by atoms with Crippen molar-refractivity contribution in [3.05, 3.63) is 41.9 Å². The zero-order valence-electron chi connectivity index (χ0n) is 9.64. The summed E-state index contributed by atoms with van der Waals surface area (Å²) in [4.78, 5) is 4.24. The third-order valence-electron chi connectivity index (χ3n) is 2.30. The maximum Gasteiger partial charge on any atom is 0.126 e. The lowest BCUT2D eigenvalue weighted by Gasteiger charge is -2.05. The van der Waals surface area contributed by atoms with E-state index in [1.54, 1.807) is 0 Å². The second kappa shape index (κ2) is 4.79. The summed E-state index contributed by atoms with van der Waals surface area (Å²) in [6.07, 6.45) is 3.81. The highest BCUT2D eigenvalue weighted by Crippen LogP contribution is 2.08. The molecule has 2 rings (SSSR count). The molecule has 0 atom stereocenters. The van der Waals surface area contributed by atoms with E-state index in [0.29, 0.717) is 0 Å². The molecule has 0 aromatic carbocycles. The van der Waals surface area contributed by atoms with E-state index >= 15 is 0 Å². The Labute approximate surface area is 95.3 Å². The highest BCUT2D eigenvalue weighted by molar-refractivity contribution is 5.37. The molecular weight excluding hydrogens is 200 g/mol. The van der Waals surface area contributed by atoms with Crippen LogP contribution in [0.2, 0.25) is 0 Å². The minimum absolute atomic E-state index is 0.786. The minimum atomic E-state index is 0.786.